The molecular weight excluding hydrogens is 160 g/mol. The highest BCUT2D eigenvalue weighted by molar-refractivity contribution is 5.45. The van der Waals surface area contributed by atoms with Crippen LogP contribution < -0.4 is 0 Å². The second-order valence-electron chi connectivity index (χ2n) is 3.48. The Morgan fingerprint density at radius 2 is 2.08 bits per heavy atom. The van der Waals surface area contributed by atoms with E-state index in [1.807, 2.05) is 6.92 Å². The minimum atomic E-state index is 1.06. The second-order valence-corrected chi connectivity index (χ2v) is 3.48. The Labute approximate surface area is 78.2 Å². The molecule has 0 aliphatic rings. The van der Waals surface area contributed by atoms with Crippen LogP contribution in [0.1, 0.15) is 23.7 Å². The Morgan fingerprint density at radius 1 is 1.31 bits per heavy atom. The number of aryl methyl sites for hydroxylation is 3. The molecule has 0 aliphatic heterocycles. The van der Waals surface area contributed by atoms with E-state index in [2.05, 4.69) is 41.7 Å². The lowest BCUT2D eigenvalue weighted by atomic mass is 10.1. The molecule has 0 N–H and O–H groups in total. The zero-order valence-corrected chi connectivity index (χ0v) is 8.33. The van der Waals surface area contributed by atoms with Gasteiger partial charge in [0.2, 0.25) is 0 Å². The van der Waals surface area contributed by atoms with Gasteiger partial charge in [-0.25, -0.2) is 4.98 Å². The molecule has 0 spiro atoms. The minimum Gasteiger partial charge on any atom is -0.307 e. The second kappa shape index (κ2) is 2.87. The first-order chi connectivity index (χ1) is 6.20. The Bertz CT molecular complexity index is 441. The van der Waals surface area contributed by atoms with E-state index in [9.17, 15) is 0 Å². The standard InChI is InChI=1S/C11H14N2/c1-4-10-5-11-12-9(3)7-13(11)6-8(10)2/h5-7H,4H2,1-3H3. The van der Waals surface area contributed by atoms with E-state index in [-0.39, 0.29) is 0 Å². The number of pyridine rings is 1. The van der Waals surface area contributed by atoms with Crippen molar-refractivity contribution in [1.82, 2.24) is 9.38 Å². The van der Waals surface area contributed by atoms with E-state index >= 15 is 0 Å². The van der Waals surface area contributed by atoms with Crippen LogP contribution >= 0.6 is 0 Å². The molecule has 0 saturated carbocycles. The number of nitrogens with zero attached hydrogens (tertiary/aromatic N) is 2. The van der Waals surface area contributed by atoms with Crippen molar-refractivity contribution in [3.05, 3.63) is 35.3 Å². The largest absolute Gasteiger partial charge is 0.307 e. The number of hydrogen-bond acceptors (Lipinski definition) is 1. The lowest BCUT2D eigenvalue weighted by Crippen LogP contribution is -1.91. The van der Waals surface area contributed by atoms with Crippen molar-refractivity contribution in [3.63, 3.8) is 0 Å². The SMILES string of the molecule is CCc1cc2nc(C)cn2cc1C. The minimum absolute atomic E-state index is 1.06. The number of imidazole rings is 1. The Hall–Kier alpha value is -1.31. The van der Waals surface area contributed by atoms with Crippen LogP contribution in [0.5, 0.6) is 0 Å². The highest BCUT2D eigenvalue weighted by atomic mass is 15.0. The van der Waals surface area contributed by atoms with Crippen molar-refractivity contribution >= 4 is 5.65 Å². The summed E-state index contributed by atoms with van der Waals surface area (Å²) in [6.07, 6.45) is 5.28. The van der Waals surface area contributed by atoms with Crippen molar-refractivity contribution in [2.24, 2.45) is 0 Å². The van der Waals surface area contributed by atoms with Crippen LogP contribution in [0.3, 0.4) is 0 Å². The van der Waals surface area contributed by atoms with Gasteiger partial charge in [-0.3, -0.25) is 0 Å². The molecule has 0 aliphatic carbocycles. The van der Waals surface area contributed by atoms with Crippen LogP contribution in [0.15, 0.2) is 18.5 Å². The van der Waals surface area contributed by atoms with E-state index in [0.717, 1.165) is 17.8 Å². The third-order valence-electron chi connectivity index (χ3n) is 2.40. The maximum atomic E-state index is 4.43. The van der Waals surface area contributed by atoms with E-state index in [4.69, 9.17) is 0 Å². The highest BCUT2D eigenvalue weighted by Gasteiger charge is 2.01. The molecule has 0 saturated heterocycles. The Morgan fingerprint density at radius 3 is 2.77 bits per heavy atom. The molecule has 0 radical (unpaired) electrons. The molecule has 13 heavy (non-hydrogen) atoms. The molecule has 2 aromatic rings. The van der Waals surface area contributed by atoms with Crippen LogP contribution in [-0.2, 0) is 6.42 Å². The molecule has 0 bridgehead atoms. The van der Waals surface area contributed by atoms with Crippen molar-refractivity contribution < 1.29 is 0 Å². The molecular formula is C11H14N2. The normalized spacial score (nSPS) is 11.0. The molecule has 2 heterocycles. The average Bonchev–Trinajstić information content (AvgIpc) is 2.42. The molecule has 0 amide bonds. The van der Waals surface area contributed by atoms with Crippen LogP contribution in [0.4, 0.5) is 0 Å². The number of fused-ring (bicyclic) bond motifs is 1. The summed E-state index contributed by atoms with van der Waals surface area (Å²) in [5.74, 6) is 0. The zero-order valence-electron chi connectivity index (χ0n) is 8.33. The summed E-state index contributed by atoms with van der Waals surface area (Å²) in [5, 5.41) is 0. The molecule has 0 unspecified atom stereocenters. The number of rotatable bonds is 1. The maximum Gasteiger partial charge on any atom is 0.137 e. The molecule has 2 aromatic heterocycles. The van der Waals surface area contributed by atoms with Crippen molar-refractivity contribution in [2.75, 3.05) is 0 Å². The van der Waals surface area contributed by atoms with E-state index in [1.54, 1.807) is 0 Å². The first kappa shape index (κ1) is 8.30. The van der Waals surface area contributed by atoms with Crippen LogP contribution in [0, 0.1) is 13.8 Å². The Kier molecular flexibility index (Phi) is 1.83. The smallest absolute Gasteiger partial charge is 0.137 e. The fourth-order valence-corrected chi connectivity index (χ4v) is 1.69. The van der Waals surface area contributed by atoms with Gasteiger partial charge >= 0.3 is 0 Å². The predicted molar refractivity (Wildman–Crippen MR) is 54.0 cm³/mol. The molecule has 0 atom stereocenters. The van der Waals surface area contributed by atoms with Crippen LogP contribution in [0.25, 0.3) is 5.65 Å². The van der Waals surface area contributed by atoms with Gasteiger partial charge in [0, 0.05) is 12.4 Å². The van der Waals surface area contributed by atoms with Crippen molar-refractivity contribution in [2.45, 2.75) is 27.2 Å². The third kappa shape index (κ3) is 1.32. The number of hydrogen-bond donors (Lipinski definition) is 0. The van der Waals surface area contributed by atoms with Crippen molar-refractivity contribution in [1.29, 1.82) is 0 Å². The van der Waals surface area contributed by atoms with Crippen molar-refractivity contribution in [3.8, 4) is 0 Å². The monoisotopic (exact) mass is 174 g/mol. The lowest BCUT2D eigenvalue weighted by molar-refractivity contribution is 1.06. The summed E-state index contributed by atoms with van der Waals surface area (Å²) in [6, 6.07) is 2.17. The average molecular weight is 174 g/mol. The Balaban J connectivity index is 2.72. The summed E-state index contributed by atoms with van der Waals surface area (Å²) >= 11 is 0. The zero-order chi connectivity index (χ0) is 9.42. The van der Waals surface area contributed by atoms with Gasteiger partial charge in [-0.1, -0.05) is 6.92 Å². The van der Waals surface area contributed by atoms with Crippen LogP contribution in [-0.4, -0.2) is 9.38 Å². The maximum absolute atomic E-state index is 4.43. The summed E-state index contributed by atoms with van der Waals surface area (Å²) in [5.41, 5.74) is 4.86. The first-order valence-electron chi connectivity index (χ1n) is 4.65. The van der Waals surface area contributed by atoms with Gasteiger partial charge in [0.15, 0.2) is 0 Å². The summed E-state index contributed by atoms with van der Waals surface area (Å²) in [7, 11) is 0. The van der Waals surface area contributed by atoms with Gasteiger partial charge in [-0.05, 0) is 37.5 Å². The van der Waals surface area contributed by atoms with Gasteiger partial charge in [-0.2, -0.15) is 0 Å². The topological polar surface area (TPSA) is 17.3 Å². The first-order valence-corrected chi connectivity index (χ1v) is 4.65. The molecule has 68 valence electrons. The predicted octanol–water partition coefficient (Wildman–Crippen LogP) is 2.51. The van der Waals surface area contributed by atoms with Gasteiger partial charge in [0.1, 0.15) is 5.65 Å². The summed E-state index contributed by atoms with van der Waals surface area (Å²) < 4.78 is 2.09. The molecule has 2 heteroatoms. The van der Waals surface area contributed by atoms with Gasteiger partial charge < -0.3 is 4.40 Å². The highest BCUT2D eigenvalue weighted by Crippen LogP contribution is 2.12. The van der Waals surface area contributed by atoms with E-state index < -0.39 is 0 Å². The van der Waals surface area contributed by atoms with Gasteiger partial charge in [0.25, 0.3) is 0 Å². The number of aromatic nitrogens is 2. The van der Waals surface area contributed by atoms with E-state index in [1.165, 1.54) is 11.1 Å². The van der Waals surface area contributed by atoms with E-state index in [0.29, 0.717) is 0 Å². The molecule has 2 rings (SSSR count). The lowest BCUT2D eigenvalue weighted by Gasteiger charge is -2.02. The third-order valence-corrected chi connectivity index (χ3v) is 2.40. The quantitative estimate of drug-likeness (QED) is 0.649. The van der Waals surface area contributed by atoms with Gasteiger partial charge in [-0.15, -0.1) is 0 Å². The molecule has 0 fully saturated rings. The fraction of sp³-hybridized carbons (Fsp3) is 0.364. The molecule has 2 nitrogen and oxygen atoms in total. The summed E-state index contributed by atoms with van der Waals surface area (Å²) in [4.78, 5) is 4.43. The molecule has 0 aromatic carbocycles. The van der Waals surface area contributed by atoms with Crippen LogP contribution in [0.2, 0.25) is 0 Å². The summed E-state index contributed by atoms with van der Waals surface area (Å²) in [6.45, 7) is 6.34. The fourth-order valence-electron chi connectivity index (χ4n) is 1.69. The van der Waals surface area contributed by atoms with Gasteiger partial charge in [0.05, 0.1) is 5.69 Å².